The summed E-state index contributed by atoms with van der Waals surface area (Å²) < 4.78 is 40.6. The number of halogens is 2. The molecule has 3 aromatic carbocycles. The Labute approximate surface area is 212 Å². The van der Waals surface area contributed by atoms with Gasteiger partial charge in [-0.05, 0) is 35.9 Å². The number of benzene rings is 3. The van der Waals surface area contributed by atoms with Gasteiger partial charge in [0, 0.05) is 23.1 Å². The molecule has 12 heteroatoms. The summed E-state index contributed by atoms with van der Waals surface area (Å²) in [6, 6.07) is 9.35. The number of hydrogen-bond donors (Lipinski definition) is 5. The van der Waals surface area contributed by atoms with Crippen molar-refractivity contribution in [3.05, 3.63) is 69.9 Å². The quantitative estimate of drug-likeness (QED) is 0.172. The first-order chi connectivity index (χ1) is 18.0. The molecule has 38 heavy (non-hydrogen) atoms. The van der Waals surface area contributed by atoms with Crippen LogP contribution in [0.4, 0.5) is 8.78 Å². The molecule has 0 spiro atoms. The van der Waals surface area contributed by atoms with Crippen LogP contribution in [0, 0.1) is 0 Å². The van der Waals surface area contributed by atoms with E-state index in [1.54, 1.807) is 0 Å². The van der Waals surface area contributed by atoms with Gasteiger partial charge in [0.15, 0.2) is 17.3 Å². The molecular weight excluding hydrogens is 510 g/mol. The number of rotatable bonds is 7. The molecule has 0 amide bonds. The molecule has 1 heterocycles. The molecule has 0 aliphatic heterocycles. The van der Waals surface area contributed by atoms with Crippen LogP contribution < -0.4 is 10.2 Å². The SMILES string of the molecule is COC(=O)CC(c1cccc(OC(F)F)c1)c1c(O)cc(O)c2c(=O)c(O)c(-c3ccc(O)c(O)c3)oc12. The number of aromatic hydroxyl groups is 5. The Morgan fingerprint density at radius 3 is 2.34 bits per heavy atom. The number of carbonyl (C=O) groups is 1. The molecule has 4 rings (SSSR count). The van der Waals surface area contributed by atoms with Crippen molar-refractivity contribution in [3.63, 3.8) is 0 Å². The molecule has 0 saturated carbocycles. The summed E-state index contributed by atoms with van der Waals surface area (Å²) in [5, 5.41) is 50.8. The first-order valence-corrected chi connectivity index (χ1v) is 10.9. The average molecular weight is 530 g/mol. The van der Waals surface area contributed by atoms with Crippen LogP contribution in [0.2, 0.25) is 0 Å². The Morgan fingerprint density at radius 1 is 0.947 bits per heavy atom. The maximum atomic E-state index is 13.1. The Hall–Kier alpha value is -5.00. The zero-order valence-corrected chi connectivity index (χ0v) is 19.5. The van der Waals surface area contributed by atoms with Crippen LogP contribution in [0.15, 0.2) is 57.7 Å². The highest BCUT2D eigenvalue weighted by molar-refractivity contribution is 5.92. The largest absolute Gasteiger partial charge is 0.507 e. The maximum Gasteiger partial charge on any atom is 0.387 e. The monoisotopic (exact) mass is 530 g/mol. The topological polar surface area (TPSA) is 167 Å². The molecule has 1 aromatic heterocycles. The molecule has 0 aliphatic carbocycles. The van der Waals surface area contributed by atoms with Crippen molar-refractivity contribution < 1.29 is 53.0 Å². The van der Waals surface area contributed by atoms with Crippen molar-refractivity contribution in [3.8, 4) is 45.8 Å². The van der Waals surface area contributed by atoms with E-state index in [-0.39, 0.29) is 22.4 Å². The normalized spacial score (nSPS) is 12.0. The first kappa shape index (κ1) is 26.1. The summed E-state index contributed by atoms with van der Waals surface area (Å²) in [5.74, 6) is -6.12. The Balaban J connectivity index is 2.05. The fourth-order valence-corrected chi connectivity index (χ4v) is 4.09. The standard InChI is InChI=1S/C26H20F2O10/c1-36-19(33)9-14(11-3-2-4-13(7-11)37-26(27)28)20-17(31)10-18(32)21-22(34)23(35)24(38-25(20)21)12-5-6-15(29)16(30)8-12/h2-8,10,14,26,29-32,35H,9H2,1H3. The lowest BCUT2D eigenvalue weighted by atomic mass is 9.86. The van der Waals surface area contributed by atoms with E-state index in [9.17, 15) is 43.9 Å². The molecule has 10 nitrogen and oxygen atoms in total. The van der Waals surface area contributed by atoms with Crippen molar-refractivity contribution in [1.29, 1.82) is 0 Å². The summed E-state index contributed by atoms with van der Waals surface area (Å²) in [5.41, 5.74) is -1.64. The Morgan fingerprint density at radius 2 is 1.68 bits per heavy atom. The van der Waals surface area contributed by atoms with Crippen molar-refractivity contribution in [2.45, 2.75) is 19.0 Å². The lowest BCUT2D eigenvalue weighted by Gasteiger charge is -2.21. The van der Waals surface area contributed by atoms with Gasteiger partial charge in [-0.15, -0.1) is 0 Å². The first-order valence-electron chi connectivity index (χ1n) is 10.9. The predicted octanol–water partition coefficient (Wildman–Crippen LogP) is 4.28. The lowest BCUT2D eigenvalue weighted by Crippen LogP contribution is -2.13. The summed E-state index contributed by atoms with van der Waals surface area (Å²) in [6.45, 7) is -3.14. The van der Waals surface area contributed by atoms with E-state index in [2.05, 4.69) is 4.74 Å². The van der Waals surface area contributed by atoms with E-state index in [4.69, 9.17) is 9.15 Å². The third-order valence-corrected chi connectivity index (χ3v) is 5.81. The third-order valence-electron chi connectivity index (χ3n) is 5.81. The van der Waals surface area contributed by atoms with Gasteiger partial charge in [0.05, 0.1) is 13.5 Å². The van der Waals surface area contributed by atoms with E-state index in [1.165, 1.54) is 30.3 Å². The van der Waals surface area contributed by atoms with Crippen LogP contribution in [0.25, 0.3) is 22.3 Å². The number of phenolic OH excluding ortho intramolecular Hbond substituents is 4. The van der Waals surface area contributed by atoms with E-state index in [0.29, 0.717) is 0 Å². The summed E-state index contributed by atoms with van der Waals surface area (Å²) in [6.07, 6.45) is -0.470. The van der Waals surface area contributed by atoms with Crippen molar-refractivity contribution in [2.75, 3.05) is 7.11 Å². The summed E-state index contributed by atoms with van der Waals surface area (Å²) in [4.78, 5) is 25.4. The second-order valence-electron chi connectivity index (χ2n) is 8.13. The smallest absolute Gasteiger partial charge is 0.387 e. The minimum absolute atomic E-state index is 0.0533. The molecule has 0 bridgehead atoms. The number of methoxy groups -OCH3 is 1. The number of fused-ring (bicyclic) bond motifs is 1. The van der Waals surface area contributed by atoms with E-state index in [0.717, 1.165) is 25.3 Å². The maximum absolute atomic E-state index is 13.1. The molecule has 5 N–H and O–H groups in total. The number of alkyl halides is 2. The van der Waals surface area contributed by atoms with Gasteiger partial charge >= 0.3 is 12.6 Å². The van der Waals surface area contributed by atoms with Gasteiger partial charge in [0.1, 0.15) is 28.2 Å². The van der Waals surface area contributed by atoms with Gasteiger partial charge in [-0.25, -0.2) is 0 Å². The number of carbonyl (C=O) groups excluding carboxylic acids is 1. The highest BCUT2D eigenvalue weighted by Gasteiger charge is 2.30. The summed E-state index contributed by atoms with van der Waals surface area (Å²) >= 11 is 0. The van der Waals surface area contributed by atoms with E-state index in [1.807, 2.05) is 0 Å². The zero-order valence-electron chi connectivity index (χ0n) is 19.5. The minimum Gasteiger partial charge on any atom is -0.507 e. The van der Waals surface area contributed by atoms with Gasteiger partial charge in [-0.2, -0.15) is 8.78 Å². The van der Waals surface area contributed by atoms with Crippen LogP contribution in [0.1, 0.15) is 23.5 Å². The van der Waals surface area contributed by atoms with Gasteiger partial charge in [0.2, 0.25) is 11.2 Å². The molecule has 0 aliphatic rings. The van der Waals surface area contributed by atoms with Crippen LogP contribution >= 0.6 is 0 Å². The Kier molecular flexibility index (Phi) is 6.98. The number of phenols is 4. The number of ether oxygens (including phenoxy) is 2. The fraction of sp³-hybridized carbons (Fsp3) is 0.154. The van der Waals surface area contributed by atoms with Gasteiger partial charge in [-0.1, -0.05) is 12.1 Å². The second kappa shape index (κ2) is 10.2. The average Bonchev–Trinajstić information content (AvgIpc) is 2.86. The Bertz CT molecular complexity index is 1600. The van der Waals surface area contributed by atoms with Gasteiger partial charge in [0.25, 0.3) is 0 Å². The number of esters is 1. The van der Waals surface area contributed by atoms with Gasteiger partial charge < -0.3 is 39.4 Å². The highest BCUT2D eigenvalue weighted by atomic mass is 19.3. The van der Waals surface area contributed by atoms with Gasteiger partial charge in [-0.3, -0.25) is 9.59 Å². The van der Waals surface area contributed by atoms with Crippen LogP contribution in [0.3, 0.4) is 0 Å². The van der Waals surface area contributed by atoms with E-state index >= 15 is 0 Å². The molecule has 1 atom stereocenters. The van der Waals surface area contributed by atoms with E-state index < -0.39 is 75.8 Å². The number of hydrogen-bond acceptors (Lipinski definition) is 10. The fourth-order valence-electron chi connectivity index (χ4n) is 4.09. The molecule has 4 aromatic rings. The van der Waals surface area contributed by atoms with Crippen LogP contribution in [0.5, 0.6) is 34.5 Å². The lowest BCUT2D eigenvalue weighted by molar-refractivity contribution is -0.140. The van der Waals surface area contributed by atoms with Crippen molar-refractivity contribution in [2.24, 2.45) is 0 Å². The molecular formula is C26H20F2O10. The third kappa shape index (κ3) is 4.83. The van der Waals surface area contributed by atoms with Crippen LogP contribution in [-0.4, -0.2) is 45.2 Å². The molecule has 0 saturated heterocycles. The molecule has 1 unspecified atom stereocenters. The molecule has 0 radical (unpaired) electrons. The zero-order chi connectivity index (χ0) is 27.7. The molecule has 198 valence electrons. The molecule has 0 fully saturated rings. The second-order valence-corrected chi connectivity index (χ2v) is 8.13. The van der Waals surface area contributed by atoms with Crippen molar-refractivity contribution in [1.82, 2.24) is 0 Å². The predicted molar refractivity (Wildman–Crippen MR) is 128 cm³/mol. The van der Waals surface area contributed by atoms with Crippen LogP contribution in [-0.2, 0) is 9.53 Å². The minimum atomic E-state index is -3.14. The van der Waals surface area contributed by atoms with Crippen molar-refractivity contribution >= 4 is 16.9 Å². The summed E-state index contributed by atoms with van der Waals surface area (Å²) in [7, 11) is 1.11. The highest BCUT2D eigenvalue weighted by Crippen LogP contribution is 2.45.